The molecule has 9 nitrogen and oxygen atoms in total. The monoisotopic (exact) mass is 833 g/mol. The number of fused-ring (bicyclic) bond motifs is 2. The molecular formula is C37H23ClF7N5O4S2. The maximum absolute atomic E-state index is 13.3. The molecule has 56 heavy (non-hydrogen) atoms. The van der Waals surface area contributed by atoms with E-state index in [1.807, 2.05) is 0 Å². The maximum Gasteiger partial charge on any atom is 0.425 e. The Balaban J connectivity index is 0.000000198. The van der Waals surface area contributed by atoms with Gasteiger partial charge in [-0.15, -0.1) is 22.7 Å². The first-order chi connectivity index (χ1) is 26.5. The van der Waals surface area contributed by atoms with Crippen LogP contribution in [0.3, 0.4) is 0 Å². The molecule has 0 saturated carbocycles. The molecule has 0 amide bonds. The van der Waals surface area contributed by atoms with Crippen molar-refractivity contribution in [2.45, 2.75) is 18.9 Å². The van der Waals surface area contributed by atoms with Gasteiger partial charge in [0.25, 0.3) is 0 Å². The summed E-state index contributed by atoms with van der Waals surface area (Å²) in [5.41, 5.74) is 2.43. The molecular weight excluding hydrogens is 811 g/mol. The Morgan fingerprint density at radius 3 is 1.57 bits per heavy atom. The van der Waals surface area contributed by atoms with Gasteiger partial charge in [0.1, 0.15) is 36.2 Å². The van der Waals surface area contributed by atoms with Gasteiger partial charge in [-0.1, -0.05) is 48.0 Å². The van der Waals surface area contributed by atoms with Crippen LogP contribution in [0.25, 0.3) is 43.2 Å². The largest absolute Gasteiger partial charge is 0.465 e. The number of benzene rings is 3. The molecule has 0 bridgehead atoms. The Kier molecular flexibility index (Phi) is 11.5. The summed E-state index contributed by atoms with van der Waals surface area (Å²) in [6.07, 6.45) is -8.97. The van der Waals surface area contributed by atoms with Crippen LogP contribution in [0.4, 0.5) is 36.6 Å². The number of carbonyl (C=O) groups is 2. The molecule has 0 spiro atoms. The van der Waals surface area contributed by atoms with E-state index in [0.717, 1.165) is 17.7 Å². The van der Waals surface area contributed by atoms with Crippen LogP contribution >= 0.6 is 34.3 Å². The van der Waals surface area contributed by atoms with Crippen LogP contribution in [-0.4, -0.2) is 46.1 Å². The Labute approximate surface area is 324 Å². The Morgan fingerprint density at radius 1 is 0.661 bits per heavy atom. The minimum Gasteiger partial charge on any atom is -0.465 e. The highest BCUT2D eigenvalue weighted by Gasteiger charge is 2.35. The molecule has 0 aliphatic heterocycles. The summed E-state index contributed by atoms with van der Waals surface area (Å²) in [7, 11) is 2.53. The zero-order chi connectivity index (χ0) is 40.4. The van der Waals surface area contributed by atoms with Gasteiger partial charge >= 0.3 is 24.3 Å². The molecule has 0 unspecified atom stereocenters. The van der Waals surface area contributed by atoms with E-state index in [4.69, 9.17) is 11.6 Å². The number of esters is 2. The molecule has 0 atom stereocenters. The van der Waals surface area contributed by atoms with Crippen molar-refractivity contribution in [1.29, 1.82) is 0 Å². The quantitative estimate of drug-likeness (QED) is 0.0952. The molecule has 1 N–H and O–H groups in total. The third kappa shape index (κ3) is 9.04. The summed E-state index contributed by atoms with van der Waals surface area (Å²) in [5.74, 6) is -0.793. The predicted molar refractivity (Wildman–Crippen MR) is 197 cm³/mol. The van der Waals surface area contributed by atoms with E-state index in [1.54, 1.807) is 36.4 Å². The maximum atomic E-state index is 13.3. The molecule has 19 heteroatoms. The molecule has 0 saturated heterocycles. The third-order valence-corrected chi connectivity index (χ3v) is 10.2. The molecule has 7 rings (SSSR count). The number of hydrogen-bond donors (Lipinski definition) is 1. The number of carbonyl (C=O) groups excluding carboxylic acids is 2. The number of methoxy groups -OCH3 is 2. The van der Waals surface area contributed by atoms with Crippen LogP contribution in [-0.2, 0) is 28.4 Å². The molecule has 4 heterocycles. The number of anilines is 1. The Morgan fingerprint density at radius 2 is 1.11 bits per heavy atom. The summed E-state index contributed by atoms with van der Waals surface area (Å²) >= 11 is 7.02. The van der Waals surface area contributed by atoms with E-state index >= 15 is 0 Å². The summed E-state index contributed by atoms with van der Waals surface area (Å²) in [4.78, 5) is 38.7. The highest BCUT2D eigenvalue weighted by molar-refractivity contribution is 7.19. The number of hydrogen-bond acceptors (Lipinski definition) is 11. The first-order valence-electron chi connectivity index (χ1n) is 15.8. The van der Waals surface area contributed by atoms with Crippen molar-refractivity contribution in [3.8, 4) is 22.8 Å². The molecule has 0 aliphatic rings. The standard InChI is InChI=1S/C22H15F4N3O2S.C15H8ClF3N2O2S/c1-31-21(30)14-6-4-13(5-7-14)18-28-19(27-11-12-2-8-15(23)9-3-12)16-10-17(22(24,25)26)32-20(16)29-18;1-23-14(22)8-4-2-7(3-5-8)12-20-11(16)9-6-10(15(17,18)19)24-13(9)21-12/h2-10H,11H2,1H3,(H,27,28,29);2-6H,1H3. The number of nitrogens with zero attached hydrogens (tertiary/aromatic N) is 4. The van der Waals surface area contributed by atoms with E-state index in [0.29, 0.717) is 44.9 Å². The number of thiophene rings is 2. The van der Waals surface area contributed by atoms with E-state index in [-0.39, 0.29) is 55.4 Å². The molecule has 288 valence electrons. The molecule has 7 aromatic rings. The predicted octanol–water partition coefficient (Wildman–Crippen LogP) is 10.7. The topological polar surface area (TPSA) is 116 Å². The van der Waals surface area contributed by atoms with Gasteiger partial charge in [0.15, 0.2) is 11.6 Å². The van der Waals surface area contributed by atoms with Crippen molar-refractivity contribution in [2.75, 3.05) is 19.5 Å². The van der Waals surface area contributed by atoms with E-state index < -0.39 is 34.0 Å². The van der Waals surface area contributed by atoms with Gasteiger partial charge in [-0.25, -0.2) is 33.9 Å². The van der Waals surface area contributed by atoms with E-state index in [2.05, 4.69) is 34.7 Å². The van der Waals surface area contributed by atoms with Gasteiger partial charge in [0.2, 0.25) is 0 Å². The molecule has 0 fully saturated rings. The second kappa shape index (κ2) is 16.2. The van der Waals surface area contributed by atoms with Crippen molar-refractivity contribution < 1.29 is 49.8 Å². The van der Waals surface area contributed by atoms with E-state index in [1.165, 1.54) is 50.6 Å². The summed E-state index contributed by atoms with van der Waals surface area (Å²) in [5, 5.41) is 3.36. The van der Waals surface area contributed by atoms with Gasteiger partial charge in [0, 0.05) is 23.1 Å². The first-order valence-corrected chi connectivity index (χ1v) is 17.8. The van der Waals surface area contributed by atoms with Gasteiger partial charge in [-0.2, -0.15) is 26.3 Å². The highest BCUT2D eigenvalue weighted by atomic mass is 35.5. The SMILES string of the molecule is COC(=O)c1ccc(-c2nc(Cl)c3cc(C(F)(F)F)sc3n2)cc1.COC(=O)c1ccc(-c2nc(NCc3ccc(F)cc3)c3cc(C(F)(F)F)sc3n2)cc1. The second-order valence-corrected chi connectivity index (χ2v) is 13.9. The van der Waals surface area contributed by atoms with Crippen molar-refractivity contribution in [2.24, 2.45) is 0 Å². The van der Waals surface area contributed by atoms with Gasteiger partial charge in [-0.05, 0) is 54.1 Å². The number of ether oxygens (including phenoxy) is 2. The zero-order valence-electron chi connectivity index (χ0n) is 28.6. The van der Waals surface area contributed by atoms with Gasteiger partial charge < -0.3 is 14.8 Å². The van der Waals surface area contributed by atoms with Crippen LogP contribution in [0.1, 0.15) is 36.0 Å². The van der Waals surface area contributed by atoms with Crippen molar-refractivity contribution in [3.63, 3.8) is 0 Å². The normalized spacial score (nSPS) is 11.6. The van der Waals surface area contributed by atoms with Gasteiger partial charge in [-0.3, -0.25) is 0 Å². The molecule has 4 aromatic heterocycles. The highest BCUT2D eigenvalue weighted by Crippen LogP contribution is 2.41. The number of nitrogens with one attached hydrogen (secondary N) is 1. The van der Waals surface area contributed by atoms with Crippen molar-refractivity contribution in [3.05, 3.63) is 122 Å². The lowest BCUT2D eigenvalue weighted by atomic mass is 10.1. The lowest BCUT2D eigenvalue weighted by Crippen LogP contribution is -2.04. The lowest BCUT2D eigenvalue weighted by molar-refractivity contribution is -0.135. The fourth-order valence-corrected chi connectivity index (χ4v) is 7.09. The zero-order valence-corrected chi connectivity index (χ0v) is 30.9. The number of rotatable bonds is 7. The average molecular weight is 834 g/mol. The summed E-state index contributed by atoms with van der Waals surface area (Å²) in [6, 6.07) is 20.1. The van der Waals surface area contributed by atoms with Crippen LogP contribution in [0.2, 0.25) is 5.15 Å². The van der Waals surface area contributed by atoms with Crippen LogP contribution in [0, 0.1) is 5.82 Å². The lowest BCUT2D eigenvalue weighted by Gasteiger charge is -2.09. The smallest absolute Gasteiger partial charge is 0.425 e. The fraction of sp³-hybridized carbons (Fsp3) is 0.135. The first kappa shape index (κ1) is 40.0. The van der Waals surface area contributed by atoms with Gasteiger partial charge in [0.05, 0.1) is 30.7 Å². The summed E-state index contributed by atoms with van der Waals surface area (Å²) in [6.45, 7) is 0.226. The Hall–Kier alpha value is -5.72. The second-order valence-electron chi connectivity index (χ2n) is 11.5. The van der Waals surface area contributed by atoms with Crippen LogP contribution in [0.15, 0.2) is 84.9 Å². The number of alkyl halides is 6. The minimum atomic E-state index is -4.51. The van der Waals surface area contributed by atoms with Crippen molar-refractivity contribution >= 4 is 72.5 Å². The molecule has 0 radical (unpaired) electrons. The fourth-order valence-electron chi connectivity index (χ4n) is 5.01. The van der Waals surface area contributed by atoms with E-state index in [9.17, 15) is 40.3 Å². The number of halogens is 8. The Bertz CT molecular complexity index is 2540. The van der Waals surface area contributed by atoms with Crippen molar-refractivity contribution in [1.82, 2.24) is 19.9 Å². The minimum absolute atomic E-state index is 0.0567. The third-order valence-electron chi connectivity index (χ3n) is 7.80. The molecule has 0 aliphatic carbocycles. The van der Waals surface area contributed by atoms with Crippen LogP contribution in [0.5, 0.6) is 0 Å². The number of aromatic nitrogens is 4. The summed E-state index contributed by atoms with van der Waals surface area (Å²) < 4.78 is 101. The molecule has 3 aromatic carbocycles. The average Bonchev–Trinajstić information content (AvgIpc) is 3.84. The van der Waals surface area contributed by atoms with Crippen LogP contribution < -0.4 is 5.32 Å².